The first-order valence-corrected chi connectivity index (χ1v) is 10.4. The van der Waals surface area contributed by atoms with Crippen LogP contribution in [0.15, 0.2) is 12.2 Å². The molecule has 0 aromatic heterocycles. The molecule has 0 heterocycles. The van der Waals surface area contributed by atoms with Gasteiger partial charge in [-0.2, -0.15) is 0 Å². The fourth-order valence-corrected chi connectivity index (χ4v) is 2.54. The number of nitrogens with zero attached hydrogens (tertiary/aromatic N) is 1. The van der Waals surface area contributed by atoms with E-state index >= 15 is 0 Å². The van der Waals surface area contributed by atoms with Crippen molar-refractivity contribution in [2.75, 3.05) is 27.2 Å². The fraction of sp³-hybridized carbons (Fsp3) is 0.810. The van der Waals surface area contributed by atoms with Gasteiger partial charge in [-0.3, -0.25) is 9.59 Å². The van der Waals surface area contributed by atoms with Gasteiger partial charge in [-0.15, -0.1) is 0 Å². The summed E-state index contributed by atoms with van der Waals surface area (Å²) in [6.45, 7) is 4.14. The predicted octanol–water partition coefficient (Wildman–Crippen LogP) is 2.30. The van der Waals surface area contributed by atoms with Crippen LogP contribution >= 0.6 is 0 Å². The molecule has 0 fully saturated rings. The summed E-state index contributed by atoms with van der Waals surface area (Å²) in [4.78, 5) is 24.0. The summed E-state index contributed by atoms with van der Waals surface area (Å²) >= 11 is 0. The van der Waals surface area contributed by atoms with Crippen LogP contribution in [0.5, 0.6) is 0 Å². The summed E-state index contributed by atoms with van der Waals surface area (Å²) in [6.07, 6.45) is 15.9. The molecule has 0 bridgehead atoms. The van der Waals surface area contributed by atoms with Crippen LogP contribution in [0, 0.1) is 5.92 Å². The molecule has 1 unspecified atom stereocenters. The molecule has 0 spiro atoms. The Labute approximate surface area is 195 Å². The van der Waals surface area contributed by atoms with Crippen molar-refractivity contribution in [2.24, 2.45) is 23.1 Å². The summed E-state index contributed by atoms with van der Waals surface area (Å²) in [6, 6.07) is 0. The summed E-state index contributed by atoms with van der Waals surface area (Å²) in [5, 5.41) is 0. The number of unbranched alkanes of at least 4 members (excludes halogenated alkanes) is 8. The van der Waals surface area contributed by atoms with E-state index in [-0.39, 0.29) is 36.0 Å². The van der Waals surface area contributed by atoms with Gasteiger partial charge >= 0.3 is 29.6 Å². The Bertz CT molecular complexity index is 391. The van der Waals surface area contributed by atoms with Crippen molar-refractivity contribution in [3.63, 3.8) is 0 Å². The van der Waals surface area contributed by atoms with Crippen molar-refractivity contribution in [3.8, 4) is 0 Å². The summed E-state index contributed by atoms with van der Waals surface area (Å²) in [7, 11) is 4.10. The van der Waals surface area contributed by atoms with Crippen molar-refractivity contribution in [1.82, 2.24) is 4.90 Å². The van der Waals surface area contributed by atoms with Crippen LogP contribution in [-0.2, 0) is 9.59 Å². The van der Waals surface area contributed by atoms with Crippen LogP contribution in [0.1, 0.15) is 77.6 Å². The van der Waals surface area contributed by atoms with E-state index in [1.807, 2.05) is 6.08 Å². The van der Waals surface area contributed by atoms with Crippen molar-refractivity contribution in [3.05, 3.63) is 12.2 Å². The number of amides is 2. The molecule has 2 amide bonds. The SMILES string of the molecule is CCCCCCCCCCC=CC(CC(N)=O)C(N)=O.CN(C)CCCN.[NaH]. The molecule has 0 aliphatic heterocycles. The van der Waals surface area contributed by atoms with Gasteiger partial charge in [0.1, 0.15) is 0 Å². The van der Waals surface area contributed by atoms with E-state index in [9.17, 15) is 9.59 Å². The van der Waals surface area contributed by atoms with E-state index in [1.165, 1.54) is 44.9 Å². The predicted molar refractivity (Wildman–Crippen MR) is 122 cm³/mol. The van der Waals surface area contributed by atoms with Gasteiger partial charge in [0, 0.05) is 6.42 Å². The normalized spacial score (nSPS) is 11.6. The quantitative estimate of drug-likeness (QED) is 0.206. The molecule has 28 heavy (non-hydrogen) atoms. The van der Waals surface area contributed by atoms with E-state index in [2.05, 4.69) is 25.9 Å². The molecule has 0 saturated carbocycles. The average molecular weight is 409 g/mol. The number of carbonyl (C=O) groups is 2. The minimum absolute atomic E-state index is 0. The van der Waals surface area contributed by atoms with Crippen LogP contribution in [0.4, 0.5) is 0 Å². The van der Waals surface area contributed by atoms with Gasteiger partial charge in [-0.25, -0.2) is 0 Å². The second kappa shape index (κ2) is 24.6. The Balaban J connectivity index is -0.000000665. The van der Waals surface area contributed by atoms with Gasteiger partial charge in [0.15, 0.2) is 0 Å². The van der Waals surface area contributed by atoms with E-state index in [0.29, 0.717) is 0 Å². The third-order valence-electron chi connectivity index (χ3n) is 4.19. The molecule has 0 saturated heterocycles. The molecule has 0 aromatic rings. The zero-order chi connectivity index (χ0) is 20.9. The third kappa shape index (κ3) is 27.8. The third-order valence-corrected chi connectivity index (χ3v) is 4.19. The molecule has 0 aromatic carbocycles. The summed E-state index contributed by atoms with van der Waals surface area (Å²) in [5.74, 6) is -1.54. The monoisotopic (exact) mass is 408 g/mol. The molecule has 0 radical (unpaired) electrons. The van der Waals surface area contributed by atoms with Crippen LogP contribution in [0.3, 0.4) is 0 Å². The Morgan fingerprint density at radius 1 is 0.929 bits per heavy atom. The molecular weight excluding hydrogens is 363 g/mol. The van der Waals surface area contributed by atoms with Gasteiger partial charge in [0.05, 0.1) is 5.92 Å². The number of rotatable bonds is 16. The molecule has 6 N–H and O–H groups in total. The van der Waals surface area contributed by atoms with E-state index in [4.69, 9.17) is 17.2 Å². The number of hydrogen-bond donors (Lipinski definition) is 3. The Morgan fingerprint density at radius 2 is 1.46 bits per heavy atom. The zero-order valence-corrected chi connectivity index (χ0v) is 17.9. The zero-order valence-electron chi connectivity index (χ0n) is 17.9. The first-order valence-electron chi connectivity index (χ1n) is 10.4. The fourth-order valence-electron chi connectivity index (χ4n) is 2.54. The van der Waals surface area contributed by atoms with E-state index in [1.54, 1.807) is 6.08 Å². The first-order chi connectivity index (χ1) is 12.8. The van der Waals surface area contributed by atoms with Crippen molar-refractivity contribution in [1.29, 1.82) is 0 Å². The number of nitrogens with two attached hydrogens (primary N) is 3. The van der Waals surface area contributed by atoms with Crippen molar-refractivity contribution >= 4 is 41.4 Å². The van der Waals surface area contributed by atoms with Crippen molar-refractivity contribution in [2.45, 2.75) is 77.6 Å². The second-order valence-electron chi connectivity index (χ2n) is 7.32. The molecule has 0 aliphatic rings. The average Bonchev–Trinajstić information content (AvgIpc) is 2.60. The van der Waals surface area contributed by atoms with Crippen LogP contribution in [-0.4, -0.2) is 73.5 Å². The second-order valence-corrected chi connectivity index (χ2v) is 7.32. The topological polar surface area (TPSA) is 115 Å². The summed E-state index contributed by atoms with van der Waals surface area (Å²) in [5.41, 5.74) is 15.5. The Kier molecular flexibility index (Phi) is 28.4. The van der Waals surface area contributed by atoms with Gasteiger partial charge in [0.25, 0.3) is 0 Å². The van der Waals surface area contributed by atoms with Crippen LogP contribution in [0.2, 0.25) is 0 Å². The summed E-state index contributed by atoms with van der Waals surface area (Å²) < 4.78 is 0. The maximum absolute atomic E-state index is 11.1. The molecule has 0 rings (SSSR count). The molecule has 0 aliphatic carbocycles. The number of carbonyl (C=O) groups excluding carboxylic acids is 2. The van der Waals surface area contributed by atoms with Crippen LogP contribution in [0.25, 0.3) is 0 Å². The van der Waals surface area contributed by atoms with Gasteiger partial charge in [0.2, 0.25) is 11.8 Å². The maximum atomic E-state index is 11.1. The van der Waals surface area contributed by atoms with Crippen molar-refractivity contribution < 1.29 is 9.59 Å². The molecule has 7 heteroatoms. The standard InChI is InChI=1S/C16H30N2O2.C5H14N2.Na.H/c1-2-3-4-5-6-7-8-9-10-11-12-14(16(18)20)13-15(17)19;1-7(2)5-3-4-6;;/h11-12,14H,2-10,13H2,1H3,(H2,17,19)(H2,18,20);3-6H2,1-2H3;;. The Hall–Kier alpha value is -0.400. The Morgan fingerprint density at radius 3 is 1.86 bits per heavy atom. The van der Waals surface area contributed by atoms with E-state index in [0.717, 1.165) is 32.4 Å². The number of allylic oxidation sites excluding steroid dienone is 1. The van der Waals surface area contributed by atoms with Gasteiger partial charge in [-0.05, 0) is 46.4 Å². The number of hydrogen-bond acceptors (Lipinski definition) is 4. The van der Waals surface area contributed by atoms with E-state index < -0.39 is 17.7 Å². The molecule has 162 valence electrons. The van der Waals surface area contributed by atoms with Gasteiger partial charge < -0.3 is 22.1 Å². The first kappa shape index (κ1) is 32.3. The van der Waals surface area contributed by atoms with Crippen LogP contribution < -0.4 is 17.2 Å². The molecule has 6 nitrogen and oxygen atoms in total. The minimum atomic E-state index is -0.554. The molecule has 1 atom stereocenters. The van der Waals surface area contributed by atoms with Gasteiger partial charge in [-0.1, -0.05) is 64.0 Å². The number of primary amides is 2. The molecular formula is C21H45N4NaO2.